The summed E-state index contributed by atoms with van der Waals surface area (Å²) < 4.78 is 39.6. The number of hydrogen-bond donors (Lipinski definition) is 2. The molecule has 6 heteroatoms. The van der Waals surface area contributed by atoms with Crippen molar-refractivity contribution in [2.24, 2.45) is 0 Å². The molecule has 0 saturated carbocycles. The van der Waals surface area contributed by atoms with Gasteiger partial charge in [0.25, 0.3) is 0 Å². The van der Waals surface area contributed by atoms with Gasteiger partial charge in [-0.1, -0.05) is 72.8 Å². The fourth-order valence-corrected chi connectivity index (χ4v) is 3.08. The highest BCUT2D eigenvalue weighted by molar-refractivity contribution is 5.95. The number of rotatable bonds is 6. The third-order valence-electron chi connectivity index (χ3n) is 4.57. The van der Waals surface area contributed by atoms with Crippen molar-refractivity contribution in [1.29, 1.82) is 0 Å². The highest BCUT2D eigenvalue weighted by Gasteiger charge is 2.34. The molecular formula is C23H21F3N2O. The number of para-hydroxylation sites is 1. The van der Waals surface area contributed by atoms with Crippen LogP contribution in [0.3, 0.4) is 0 Å². The Morgan fingerprint density at radius 2 is 1.28 bits per heavy atom. The molecule has 1 amide bonds. The fourth-order valence-electron chi connectivity index (χ4n) is 3.08. The SMILES string of the molecule is C[C@H](NC(c1ccccc1)c1ccccc1)C(=O)Nc1ccccc1C(F)(F)F. The monoisotopic (exact) mass is 398 g/mol. The maximum Gasteiger partial charge on any atom is 0.418 e. The van der Waals surface area contributed by atoms with Crippen LogP contribution in [0.5, 0.6) is 0 Å². The minimum Gasteiger partial charge on any atom is -0.324 e. The van der Waals surface area contributed by atoms with Gasteiger partial charge in [0.1, 0.15) is 0 Å². The van der Waals surface area contributed by atoms with Gasteiger partial charge in [0.15, 0.2) is 0 Å². The number of benzene rings is 3. The van der Waals surface area contributed by atoms with Gasteiger partial charge >= 0.3 is 6.18 Å². The van der Waals surface area contributed by atoms with Gasteiger partial charge in [0.2, 0.25) is 5.91 Å². The molecule has 3 nitrogen and oxygen atoms in total. The summed E-state index contributed by atoms with van der Waals surface area (Å²) in [6, 6.07) is 23.1. The van der Waals surface area contributed by atoms with E-state index in [4.69, 9.17) is 0 Å². The number of nitrogens with one attached hydrogen (secondary N) is 2. The van der Waals surface area contributed by atoms with Crippen molar-refractivity contribution in [3.8, 4) is 0 Å². The van der Waals surface area contributed by atoms with Crippen LogP contribution in [0.25, 0.3) is 0 Å². The van der Waals surface area contributed by atoms with E-state index in [1.54, 1.807) is 6.92 Å². The predicted molar refractivity (Wildman–Crippen MR) is 107 cm³/mol. The van der Waals surface area contributed by atoms with Gasteiger partial charge in [-0.15, -0.1) is 0 Å². The Hall–Kier alpha value is -3.12. The van der Waals surface area contributed by atoms with Crippen LogP contribution < -0.4 is 10.6 Å². The first-order chi connectivity index (χ1) is 13.9. The molecule has 3 aromatic carbocycles. The van der Waals surface area contributed by atoms with Crippen LogP contribution >= 0.6 is 0 Å². The Balaban J connectivity index is 1.80. The van der Waals surface area contributed by atoms with Crippen LogP contribution in [0.1, 0.15) is 29.7 Å². The zero-order valence-electron chi connectivity index (χ0n) is 15.8. The van der Waals surface area contributed by atoms with E-state index in [0.29, 0.717) is 0 Å². The largest absolute Gasteiger partial charge is 0.418 e. The molecule has 3 rings (SSSR count). The van der Waals surface area contributed by atoms with E-state index in [0.717, 1.165) is 17.2 Å². The van der Waals surface area contributed by atoms with E-state index < -0.39 is 23.7 Å². The Morgan fingerprint density at radius 1 is 0.793 bits per heavy atom. The topological polar surface area (TPSA) is 41.1 Å². The molecule has 0 unspecified atom stereocenters. The van der Waals surface area contributed by atoms with E-state index in [9.17, 15) is 18.0 Å². The molecule has 0 aromatic heterocycles. The number of hydrogen-bond acceptors (Lipinski definition) is 2. The molecule has 0 aliphatic heterocycles. The van der Waals surface area contributed by atoms with Gasteiger partial charge in [0, 0.05) is 0 Å². The summed E-state index contributed by atoms with van der Waals surface area (Å²) in [4.78, 5) is 12.6. The Bertz CT molecular complexity index is 904. The van der Waals surface area contributed by atoms with Crippen molar-refractivity contribution in [2.45, 2.75) is 25.2 Å². The van der Waals surface area contributed by atoms with Gasteiger partial charge < -0.3 is 5.32 Å². The minimum atomic E-state index is -4.54. The van der Waals surface area contributed by atoms with Crippen LogP contribution in [0.2, 0.25) is 0 Å². The maximum absolute atomic E-state index is 13.2. The summed E-state index contributed by atoms with van der Waals surface area (Å²) in [5.74, 6) is -0.543. The predicted octanol–water partition coefficient (Wildman–Crippen LogP) is 5.41. The second kappa shape index (κ2) is 8.92. The van der Waals surface area contributed by atoms with E-state index in [2.05, 4.69) is 10.6 Å². The molecule has 0 aliphatic rings. The highest BCUT2D eigenvalue weighted by atomic mass is 19.4. The molecular weight excluding hydrogens is 377 g/mol. The first-order valence-electron chi connectivity index (χ1n) is 9.19. The zero-order chi connectivity index (χ0) is 20.9. The van der Waals surface area contributed by atoms with Crippen molar-refractivity contribution >= 4 is 11.6 Å². The Kier molecular flexibility index (Phi) is 6.34. The molecule has 0 bridgehead atoms. The summed E-state index contributed by atoms with van der Waals surface area (Å²) in [5.41, 5.74) is 0.779. The molecule has 0 heterocycles. The van der Waals surface area contributed by atoms with E-state index in [-0.39, 0.29) is 11.7 Å². The molecule has 0 spiro atoms. The maximum atomic E-state index is 13.2. The van der Waals surface area contributed by atoms with Crippen LogP contribution in [0.15, 0.2) is 84.9 Å². The second-order valence-electron chi connectivity index (χ2n) is 6.68. The lowest BCUT2D eigenvalue weighted by Gasteiger charge is -2.24. The van der Waals surface area contributed by atoms with Gasteiger partial charge in [-0.25, -0.2) is 0 Å². The van der Waals surface area contributed by atoms with Crippen molar-refractivity contribution in [3.63, 3.8) is 0 Å². The fraction of sp³-hybridized carbons (Fsp3) is 0.174. The molecule has 3 aromatic rings. The van der Waals surface area contributed by atoms with Gasteiger partial charge in [-0.2, -0.15) is 13.2 Å². The molecule has 0 saturated heterocycles. The molecule has 0 radical (unpaired) electrons. The molecule has 150 valence electrons. The molecule has 29 heavy (non-hydrogen) atoms. The van der Waals surface area contributed by atoms with Gasteiger partial charge in [-0.05, 0) is 30.2 Å². The molecule has 1 atom stereocenters. The Morgan fingerprint density at radius 3 is 1.79 bits per heavy atom. The summed E-state index contributed by atoms with van der Waals surface area (Å²) in [7, 11) is 0. The van der Waals surface area contributed by atoms with E-state index in [1.807, 2.05) is 60.7 Å². The average Bonchev–Trinajstić information content (AvgIpc) is 2.72. The number of anilines is 1. The first kappa shape index (κ1) is 20.6. The Labute approximate surface area is 167 Å². The quantitative estimate of drug-likeness (QED) is 0.583. The van der Waals surface area contributed by atoms with Crippen molar-refractivity contribution < 1.29 is 18.0 Å². The van der Waals surface area contributed by atoms with Crippen molar-refractivity contribution in [1.82, 2.24) is 5.32 Å². The normalized spacial score (nSPS) is 12.6. The molecule has 2 N–H and O–H groups in total. The number of alkyl halides is 3. The summed E-state index contributed by atoms with van der Waals surface area (Å²) in [6.07, 6.45) is -4.54. The average molecular weight is 398 g/mol. The summed E-state index contributed by atoms with van der Waals surface area (Å²) in [6.45, 7) is 1.63. The first-order valence-corrected chi connectivity index (χ1v) is 9.19. The van der Waals surface area contributed by atoms with E-state index >= 15 is 0 Å². The standard InChI is InChI=1S/C23H21F3N2O/c1-16(22(29)28-20-15-9-8-14-19(20)23(24,25)26)27-21(17-10-4-2-5-11-17)18-12-6-3-7-13-18/h2-16,21,27H,1H3,(H,28,29)/t16-/m0/s1. The second-order valence-corrected chi connectivity index (χ2v) is 6.68. The number of amides is 1. The van der Waals surface area contributed by atoms with E-state index in [1.165, 1.54) is 18.2 Å². The lowest BCUT2D eigenvalue weighted by molar-refractivity contribution is -0.137. The van der Waals surface area contributed by atoms with Crippen LogP contribution in [-0.4, -0.2) is 11.9 Å². The third kappa shape index (κ3) is 5.23. The van der Waals surface area contributed by atoms with Crippen molar-refractivity contribution in [2.75, 3.05) is 5.32 Å². The summed E-state index contributed by atoms with van der Waals surface area (Å²) in [5, 5.41) is 5.64. The smallest absolute Gasteiger partial charge is 0.324 e. The lowest BCUT2D eigenvalue weighted by Crippen LogP contribution is -2.40. The zero-order valence-corrected chi connectivity index (χ0v) is 15.8. The minimum absolute atomic E-state index is 0.255. The molecule has 0 aliphatic carbocycles. The highest BCUT2D eigenvalue weighted by Crippen LogP contribution is 2.34. The van der Waals surface area contributed by atoms with Gasteiger partial charge in [0.05, 0.1) is 23.3 Å². The van der Waals surface area contributed by atoms with Crippen LogP contribution in [0.4, 0.5) is 18.9 Å². The number of carbonyl (C=O) groups excluding carboxylic acids is 1. The molecule has 0 fully saturated rings. The van der Waals surface area contributed by atoms with Crippen LogP contribution in [0, 0.1) is 0 Å². The lowest BCUT2D eigenvalue weighted by atomic mass is 9.98. The number of halogens is 3. The van der Waals surface area contributed by atoms with Gasteiger partial charge in [-0.3, -0.25) is 10.1 Å². The summed E-state index contributed by atoms with van der Waals surface area (Å²) >= 11 is 0. The van der Waals surface area contributed by atoms with Crippen molar-refractivity contribution in [3.05, 3.63) is 102 Å². The van der Waals surface area contributed by atoms with Crippen LogP contribution in [-0.2, 0) is 11.0 Å². The third-order valence-corrected chi connectivity index (χ3v) is 4.57. The number of carbonyl (C=O) groups is 1.